The molecule has 0 N–H and O–H groups in total. The van der Waals surface area contributed by atoms with E-state index in [0.29, 0.717) is 13.0 Å². The van der Waals surface area contributed by atoms with Crippen molar-refractivity contribution in [3.63, 3.8) is 0 Å². The van der Waals surface area contributed by atoms with E-state index in [2.05, 4.69) is 18.1 Å². The van der Waals surface area contributed by atoms with Gasteiger partial charge in [-0.05, 0) is 39.2 Å². The lowest BCUT2D eigenvalue weighted by Gasteiger charge is -2.32. The molecule has 1 aromatic heterocycles. The highest BCUT2D eigenvalue weighted by molar-refractivity contribution is 5.92. The second-order valence-corrected chi connectivity index (χ2v) is 5.92. The molecule has 3 rings (SSSR count). The highest BCUT2D eigenvalue weighted by Gasteiger charge is 2.36. The van der Waals surface area contributed by atoms with Gasteiger partial charge in [0.05, 0.1) is 17.6 Å². The summed E-state index contributed by atoms with van der Waals surface area (Å²) < 4.78 is 7.72. The molecule has 2 heterocycles. The second kappa shape index (κ2) is 5.60. The van der Waals surface area contributed by atoms with Crippen LogP contribution in [0.15, 0.2) is 24.3 Å². The largest absolute Gasteiger partial charge is 0.367 e. The molecule has 2 aromatic rings. The molecule has 0 aliphatic carbocycles. The molecular formula is C17H22N2O2. The Morgan fingerprint density at radius 3 is 2.90 bits per heavy atom. The molecule has 0 radical (unpaired) electrons. The van der Waals surface area contributed by atoms with E-state index in [4.69, 9.17) is 4.74 Å². The van der Waals surface area contributed by atoms with Crippen molar-refractivity contribution >= 4 is 16.7 Å². The Balaban J connectivity index is 1.89. The van der Waals surface area contributed by atoms with Crippen LogP contribution in [-0.2, 0) is 22.5 Å². The van der Waals surface area contributed by atoms with Gasteiger partial charge in [0.2, 0.25) is 0 Å². The topological polar surface area (TPSA) is 44.1 Å². The third kappa shape index (κ3) is 2.60. The zero-order chi connectivity index (χ0) is 14.9. The summed E-state index contributed by atoms with van der Waals surface area (Å²) in [6, 6.07) is 8.10. The summed E-state index contributed by atoms with van der Waals surface area (Å²) in [6.45, 7) is 5.49. The second-order valence-electron chi connectivity index (χ2n) is 5.92. The van der Waals surface area contributed by atoms with E-state index in [1.807, 2.05) is 29.8 Å². The van der Waals surface area contributed by atoms with E-state index in [1.165, 1.54) is 0 Å². The van der Waals surface area contributed by atoms with Crippen LogP contribution in [0.4, 0.5) is 0 Å². The van der Waals surface area contributed by atoms with Gasteiger partial charge < -0.3 is 4.74 Å². The van der Waals surface area contributed by atoms with E-state index in [9.17, 15) is 4.79 Å². The molecule has 1 aliphatic rings. The van der Waals surface area contributed by atoms with E-state index in [1.54, 1.807) is 0 Å². The molecule has 0 spiro atoms. The van der Waals surface area contributed by atoms with Crippen molar-refractivity contribution in [3.8, 4) is 0 Å². The van der Waals surface area contributed by atoms with Crippen molar-refractivity contribution < 1.29 is 9.53 Å². The van der Waals surface area contributed by atoms with Gasteiger partial charge in [0.25, 0.3) is 0 Å². The number of carbonyl (C=O) groups excluding carboxylic acids is 1. The summed E-state index contributed by atoms with van der Waals surface area (Å²) in [6.07, 6.45) is 3.28. The van der Waals surface area contributed by atoms with Gasteiger partial charge in [0, 0.05) is 18.5 Å². The van der Waals surface area contributed by atoms with Crippen molar-refractivity contribution in [2.45, 2.75) is 51.7 Å². The van der Waals surface area contributed by atoms with Gasteiger partial charge in [-0.15, -0.1) is 0 Å². The van der Waals surface area contributed by atoms with Crippen LogP contribution >= 0.6 is 0 Å². The molecule has 1 aliphatic heterocycles. The van der Waals surface area contributed by atoms with Gasteiger partial charge in [-0.25, -0.2) is 0 Å². The number of benzene rings is 1. The monoisotopic (exact) mass is 286 g/mol. The van der Waals surface area contributed by atoms with Gasteiger partial charge in [-0.2, -0.15) is 5.10 Å². The number of rotatable bonds is 4. The predicted molar refractivity (Wildman–Crippen MR) is 82.3 cm³/mol. The van der Waals surface area contributed by atoms with E-state index in [0.717, 1.165) is 42.4 Å². The average molecular weight is 286 g/mol. The van der Waals surface area contributed by atoms with Crippen LogP contribution in [0, 0.1) is 0 Å². The standard InChI is InChI=1S/C17H22N2O2/c1-3-19-15-9-5-4-8-13(15)14(18-19)12-16(20)17(2)10-6-7-11-21-17/h4-5,8-9H,3,6-7,10-12H2,1-2H3. The number of hydrogen-bond acceptors (Lipinski definition) is 3. The summed E-state index contributed by atoms with van der Waals surface area (Å²) in [5.74, 6) is 0.147. The third-order valence-electron chi connectivity index (χ3n) is 4.42. The van der Waals surface area contributed by atoms with Crippen LogP contribution in [0.25, 0.3) is 10.9 Å². The Morgan fingerprint density at radius 1 is 1.38 bits per heavy atom. The van der Waals surface area contributed by atoms with Crippen molar-refractivity contribution in [2.75, 3.05) is 6.61 Å². The first kappa shape index (κ1) is 14.3. The molecule has 4 heteroatoms. The zero-order valence-electron chi connectivity index (χ0n) is 12.8. The van der Waals surface area contributed by atoms with Gasteiger partial charge in [0.15, 0.2) is 5.78 Å². The summed E-state index contributed by atoms with van der Waals surface area (Å²) in [7, 11) is 0. The number of aryl methyl sites for hydroxylation is 1. The molecule has 4 nitrogen and oxygen atoms in total. The number of nitrogens with zero attached hydrogens (tertiary/aromatic N) is 2. The van der Waals surface area contributed by atoms with E-state index >= 15 is 0 Å². The van der Waals surface area contributed by atoms with Crippen LogP contribution in [0.5, 0.6) is 0 Å². The minimum absolute atomic E-state index is 0.147. The van der Waals surface area contributed by atoms with Crippen LogP contribution < -0.4 is 0 Å². The first-order chi connectivity index (χ1) is 10.1. The van der Waals surface area contributed by atoms with Crippen molar-refractivity contribution in [3.05, 3.63) is 30.0 Å². The van der Waals surface area contributed by atoms with E-state index in [-0.39, 0.29) is 5.78 Å². The maximum absolute atomic E-state index is 12.7. The summed E-state index contributed by atoms with van der Waals surface area (Å²) >= 11 is 0. The molecule has 1 saturated heterocycles. The molecule has 1 unspecified atom stereocenters. The molecular weight excluding hydrogens is 264 g/mol. The molecule has 0 amide bonds. The first-order valence-corrected chi connectivity index (χ1v) is 7.76. The predicted octanol–water partition coefficient (Wildman–Crippen LogP) is 3.13. The fourth-order valence-electron chi connectivity index (χ4n) is 3.06. The molecule has 1 fully saturated rings. The Hall–Kier alpha value is -1.68. The van der Waals surface area contributed by atoms with Crippen LogP contribution in [0.1, 0.15) is 38.8 Å². The average Bonchev–Trinajstić information content (AvgIpc) is 2.86. The maximum Gasteiger partial charge on any atom is 0.170 e. The number of fused-ring (bicyclic) bond motifs is 1. The third-order valence-corrected chi connectivity index (χ3v) is 4.42. The van der Waals surface area contributed by atoms with Crippen molar-refractivity contribution in [1.29, 1.82) is 0 Å². The van der Waals surface area contributed by atoms with Gasteiger partial charge in [-0.3, -0.25) is 9.48 Å². The van der Waals surface area contributed by atoms with Crippen molar-refractivity contribution in [1.82, 2.24) is 9.78 Å². The minimum atomic E-state index is -0.630. The SMILES string of the molecule is CCn1nc(CC(=O)C2(C)CCCCO2)c2ccccc21. The quantitative estimate of drug-likeness (QED) is 0.867. The Morgan fingerprint density at radius 2 is 2.19 bits per heavy atom. The number of ketones is 1. The molecule has 1 atom stereocenters. The van der Waals surface area contributed by atoms with Gasteiger partial charge >= 0.3 is 0 Å². The van der Waals surface area contributed by atoms with Gasteiger partial charge in [0.1, 0.15) is 5.60 Å². The molecule has 112 valence electrons. The summed E-state index contributed by atoms with van der Waals surface area (Å²) in [4.78, 5) is 12.7. The lowest BCUT2D eigenvalue weighted by molar-refractivity contribution is -0.147. The summed E-state index contributed by atoms with van der Waals surface area (Å²) in [5.41, 5.74) is 1.33. The molecule has 0 saturated carbocycles. The lowest BCUT2D eigenvalue weighted by Crippen LogP contribution is -2.42. The first-order valence-electron chi connectivity index (χ1n) is 7.76. The van der Waals surface area contributed by atoms with E-state index < -0.39 is 5.60 Å². The van der Waals surface area contributed by atoms with Gasteiger partial charge in [-0.1, -0.05) is 18.2 Å². The number of carbonyl (C=O) groups is 1. The lowest BCUT2D eigenvalue weighted by atomic mass is 9.89. The normalized spacial score (nSPS) is 22.6. The number of hydrogen-bond donors (Lipinski definition) is 0. The Kier molecular flexibility index (Phi) is 3.81. The minimum Gasteiger partial charge on any atom is -0.367 e. The smallest absolute Gasteiger partial charge is 0.170 e. The number of aromatic nitrogens is 2. The maximum atomic E-state index is 12.7. The van der Waals surface area contributed by atoms with Crippen molar-refractivity contribution in [2.24, 2.45) is 0 Å². The zero-order valence-corrected chi connectivity index (χ0v) is 12.8. The Bertz CT molecular complexity index is 654. The highest BCUT2D eigenvalue weighted by Crippen LogP contribution is 2.28. The van der Waals surface area contributed by atoms with Crippen LogP contribution in [-0.4, -0.2) is 27.8 Å². The van der Waals surface area contributed by atoms with Crippen LogP contribution in [0.3, 0.4) is 0 Å². The Labute approximate surface area is 125 Å². The fraction of sp³-hybridized carbons (Fsp3) is 0.529. The highest BCUT2D eigenvalue weighted by atomic mass is 16.5. The molecule has 0 bridgehead atoms. The summed E-state index contributed by atoms with van der Waals surface area (Å²) in [5, 5.41) is 5.69. The number of ether oxygens (including phenoxy) is 1. The van der Waals surface area contributed by atoms with Crippen LogP contribution in [0.2, 0.25) is 0 Å². The molecule has 1 aromatic carbocycles. The fourth-order valence-corrected chi connectivity index (χ4v) is 3.06. The number of Topliss-reactive ketones (excluding diaryl/α,β-unsaturated/α-hetero) is 1. The number of para-hydroxylation sites is 1. The molecule has 21 heavy (non-hydrogen) atoms.